The van der Waals surface area contributed by atoms with Gasteiger partial charge in [-0.1, -0.05) is 32.5 Å². The summed E-state index contributed by atoms with van der Waals surface area (Å²) in [6, 6.07) is 3.71. The average molecular weight is 330 g/mol. The van der Waals surface area contributed by atoms with Crippen LogP contribution in [0.5, 0.6) is 0 Å². The van der Waals surface area contributed by atoms with Gasteiger partial charge in [-0.25, -0.2) is 4.98 Å². The monoisotopic (exact) mass is 330 g/mol. The molecule has 0 fully saturated rings. The number of oxazole rings is 1. The highest BCUT2D eigenvalue weighted by Gasteiger charge is 2.23. The molecule has 0 aliphatic heterocycles. The summed E-state index contributed by atoms with van der Waals surface area (Å²) in [7, 11) is 0. The lowest BCUT2D eigenvalue weighted by Gasteiger charge is -2.13. The Labute approximate surface area is 138 Å². The topological polar surface area (TPSA) is 77.8 Å². The fourth-order valence-corrected chi connectivity index (χ4v) is 2.61. The molecule has 1 atom stereocenters. The van der Waals surface area contributed by atoms with Crippen LogP contribution in [-0.2, 0) is 5.41 Å². The second-order valence-corrected chi connectivity index (χ2v) is 7.48. The fraction of sp³-hybridized carbons (Fsp3) is 0.375. The van der Waals surface area contributed by atoms with E-state index in [1.807, 2.05) is 19.1 Å². The molecular weight excluding hydrogens is 312 g/mol. The van der Waals surface area contributed by atoms with E-state index in [0.29, 0.717) is 17.0 Å². The van der Waals surface area contributed by atoms with Gasteiger partial charge in [0.1, 0.15) is 5.76 Å². The highest BCUT2D eigenvalue weighted by molar-refractivity contribution is 7.99. The van der Waals surface area contributed by atoms with Crippen LogP contribution in [0.25, 0.3) is 11.5 Å². The van der Waals surface area contributed by atoms with Gasteiger partial charge in [0.15, 0.2) is 0 Å². The van der Waals surface area contributed by atoms with Gasteiger partial charge in [-0.05, 0) is 19.1 Å². The predicted molar refractivity (Wildman–Crippen MR) is 87.0 cm³/mol. The van der Waals surface area contributed by atoms with E-state index in [1.165, 1.54) is 11.8 Å². The van der Waals surface area contributed by atoms with Crippen LogP contribution < -0.4 is 0 Å². The average Bonchev–Trinajstić information content (AvgIpc) is 3.17. The molecule has 0 aromatic carbocycles. The van der Waals surface area contributed by atoms with Gasteiger partial charge in [-0.3, -0.25) is 4.98 Å². The van der Waals surface area contributed by atoms with E-state index in [9.17, 15) is 0 Å². The molecule has 6 nitrogen and oxygen atoms in total. The van der Waals surface area contributed by atoms with Gasteiger partial charge < -0.3 is 8.83 Å². The van der Waals surface area contributed by atoms with Crippen molar-refractivity contribution in [3.63, 3.8) is 0 Å². The molecule has 0 radical (unpaired) electrons. The largest absolute Gasteiger partial charge is 0.444 e. The summed E-state index contributed by atoms with van der Waals surface area (Å²) in [5, 5.41) is 8.57. The molecular formula is C16H18N4O2S. The van der Waals surface area contributed by atoms with Crippen molar-refractivity contribution >= 4 is 11.8 Å². The molecule has 0 amide bonds. The predicted octanol–water partition coefficient (Wildman–Crippen LogP) is 4.27. The lowest BCUT2D eigenvalue weighted by molar-refractivity contribution is 0.382. The maximum absolute atomic E-state index is 5.84. The van der Waals surface area contributed by atoms with Crippen LogP contribution in [0.2, 0.25) is 0 Å². The first-order valence-corrected chi connectivity index (χ1v) is 8.18. The molecule has 0 N–H and O–H groups in total. The molecule has 1 unspecified atom stereocenters. The van der Waals surface area contributed by atoms with Gasteiger partial charge in [0.25, 0.3) is 5.22 Å². The number of rotatable bonds is 4. The van der Waals surface area contributed by atoms with E-state index in [2.05, 4.69) is 40.9 Å². The molecule has 23 heavy (non-hydrogen) atoms. The zero-order chi connectivity index (χ0) is 16.4. The summed E-state index contributed by atoms with van der Waals surface area (Å²) in [5.41, 5.74) is 0.735. The molecule has 3 heterocycles. The van der Waals surface area contributed by atoms with Crippen LogP contribution in [0.1, 0.15) is 44.6 Å². The third kappa shape index (κ3) is 3.61. The van der Waals surface area contributed by atoms with Gasteiger partial charge in [-0.15, -0.1) is 10.2 Å². The Kier molecular flexibility index (Phi) is 4.21. The van der Waals surface area contributed by atoms with Gasteiger partial charge in [0, 0.05) is 17.8 Å². The van der Waals surface area contributed by atoms with E-state index < -0.39 is 0 Å². The molecule has 0 spiro atoms. The molecule has 7 heteroatoms. The number of hydrogen-bond acceptors (Lipinski definition) is 7. The van der Waals surface area contributed by atoms with Crippen LogP contribution in [-0.4, -0.2) is 20.2 Å². The van der Waals surface area contributed by atoms with Crippen molar-refractivity contribution in [3.8, 4) is 11.5 Å². The lowest BCUT2D eigenvalue weighted by atomic mass is 9.94. The van der Waals surface area contributed by atoms with E-state index in [4.69, 9.17) is 8.83 Å². The van der Waals surface area contributed by atoms with Crippen LogP contribution >= 0.6 is 11.8 Å². The quantitative estimate of drug-likeness (QED) is 0.661. The van der Waals surface area contributed by atoms with Crippen molar-refractivity contribution in [2.24, 2.45) is 0 Å². The Morgan fingerprint density at radius 3 is 2.61 bits per heavy atom. The van der Waals surface area contributed by atoms with Gasteiger partial charge >= 0.3 is 0 Å². The standard InChI is InChI=1S/C16H18N4O2S/c1-10(13-18-9-12(21-13)16(2,3)4)23-15-20-19-14(22-15)11-6-5-7-17-8-11/h5-10H,1-4H3. The van der Waals surface area contributed by atoms with Crippen molar-refractivity contribution in [2.75, 3.05) is 0 Å². The van der Waals surface area contributed by atoms with Crippen molar-refractivity contribution in [2.45, 2.75) is 43.6 Å². The van der Waals surface area contributed by atoms with Gasteiger partial charge in [-0.2, -0.15) is 0 Å². The maximum Gasteiger partial charge on any atom is 0.277 e. The van der Waals surface area contributed by atoms with Gasteiger partial charge in [0.05, 0.1) is 17.0 Å². The van der Waals surface area contributed by atoms with Crippen molar-refractivity contribution in [1.82, 2.24) is 20.2 Å². The SMILES string of the molecule is CC(Sc1nnc(-c2cccnc2)o1)c1ncc(C(C)(C)C)o1. The molecule has 0 aliphatic rings. The minimum atomic E-state index is -0.0619. The first kappa shape index (κ1) is 15.7. The van der Waals surface area contributed by atoms with Crippen LogP contribution in [0.4, 0.5) is 0 Å². The second kappa shape index (κ2) is 6.16. The highest BCUT2D eigenvalue weighted by Crippen LogP contribution is 2.36. The normalized spacial score (nSPS) is 13.2. The van der Waals surface area contributed by atoms with Crippen LogP contribution in [0.15, 0.2) is 44.8 Å². The Morgan fingerprint density at radius 1 is 1.13 bits per heavy atom. The van der Waals surface area contributed by atoms with E-state index in [-0.39, 0.29) is 10.7 Å². The van der Waals surface area contributed by atoms with Crippen molar-refractivity contribution in [1.29, 1.82) is 0 Å². The molecule has 0 saturated heterocycles. The Balaban J connectivity index is 1.72. The molecule has 0 bridgehead atoms. The summed E-state index contributed by atoms with van der Waals surface area (Å²) in [6.45, 7) is 8.27. The first-order chi connectivity index (χ1) is 10.9. The number of nitrogens with zero attached hydrogens (tertiary/aromatic N) is 4. The molecule has 3 aromatic heterocycles. The van der Waals surface area contributed by atoms with Crippen molar-refractivity contribution in [3.05, 3.63) is 42.4 Å². The Morgan fingerprint density at radius 2 is 1.96 bits per heavy atom. The number of thioether (sulfide) groups is 1. The molecule has 0 saturated carbocycles. The zero-order valence-electron chi connectivity index (χ0n) is 13.5. The highest BCUT2D eigenvalue weighted by atomic mass is 32.2. The first-order valence-electron chi connectivity index (χ1n) is 7.30. The minimum Gasteiger partial charge on any atom is -0.444 e. The Hall–Kier alpha value is -2.15. The van der Waals surface area contributed by atoms with E-state index in [1.54, 1.807) is 18.6 Å². The summed E-state index contributed by atoms with van der Waals surface area (Å²) >= 11 is 1.42. The van der Waals surface area contributed by atoms with Gasteiger partial charge in [0.2, 0.25) is 11.8 Å². The molecule has 120 valence electrons. The molecule has 0 aliphatic carbocycles. The summed E-state index contributed by atoms with van der Waals surface area (Å²) < 4.78 is 11.5. The second-order valence-electron chi connectivity index (χ2n) is 6.19. The fourth-order valence-electron chi connectivity index (χ4n) is 1.89. The third-order valence-corrected chi connectivity index (χ3v) is 4.12. The lowest BCUT2D eigenvalue weighted by Crippen LogP contribution is -2.09. The van der Waals surface area contributed by atoms with Crippen LogP contribution in [0.3, 0.4) is 0 Å². The van der Waals surface area contributed by atoms with Crippen molar-refractivity contribution < 1.29 is 8.83 Å². The van der Waals surface area contributed by atoms with Crippen LogP contribution in [0, 0.1) is 0 Å². The smallest absolute Gasteiger partial charge is 0.277 e. The number of hydrogen-bond donors (Lipinski definition) is 0. The summed E-state index contributed by atoms with van der Waals surface area (Å²) in [6.07, 6.45) is 5.17. The molecule has 3 rings (SSSR count). The summed E-state index contributed by atoms with van der Waals surface area (Å²) in [5.74, 6) is 1.97. The Bertz CT molecular complexity index is 777. The zero-order valence-corrected chi connectivity index (χ0v) is 14.3. The summed E-state index contributed by atoms with van der Waals surface area (Å²) in [4.78, 5) is 8.40. The van der Waals surface area contributed by atoms with E-state index in [0.717, 1.165) is 11.3 Å². The number of aromatic nitrogens is 4. The maximum atomic E-state index is 5.84. The molecule has 3 aromatic rings. The third-order valence-electron chi connectivity index (χ3n) is 3.20. The number of pyridine rings is 1. The van der Waals surface area contributed by atoms with E-state index >= 15 is 0 Å². The minimum absolute atomic E-state index is 0.0201.